The quantitative estimate of drug-likeness (QED) is 0.517. The van der Waals surface area contributed by atoms with Crippen molar-refractivity contribution in [1.82, 2.24) is 9.80 Å². The molecule has 1 aliphatic rings. The van der Waals surface area contributed by atoms with Crippen LogP contribution in [-0.4, -0.2) is 48.1 Å². The van der Waals surface area contributed by atoms with Gasteiger partial charge in [0.15, 0.2) is 5.11 Å². The first-order valence-electron chi connectivity index (χ1n) is 3.93. The van der Waals surface area contributed by atoms with Gasteiger partial charge in [0.05, 0.1) is 0 Å². The molecule has 0 amide bonds. The lowest BCUT2D eigenvalue weighted by atomic mass is 10.4. The molecular formula is C7H15N3S. The third-order valence-corrected chi connectivity index (χ3v) is 2.29. The lowest BCUT2D eigenvalue weighted by Crippen LogP contribution is -2.37. The molecule has 0 bridgehead atoms. The van der Waals surface area contributed by atoms with E-state index in [1.807, 2.05) is 0 Å². The largest absolute Gasteiger partial charge is 0.376 e. The summed E-state index contributed by atoms with van der Waals surface area (Å²) in [6, 6.07) is 0. The molecular weight excluding hydrogens is 158 g/mol. The van der Waals surface area contributed by atoms with Crippen molar-refractivity contribution in [3.8, 4) is 0 Å². The highest BCUT2D eigenvalue weighted by atomic mass is 32.1. The molecule has 2 N–H and O–H groups in total. The van der Waals surface area contributed by atoms with Crippen LogP contribution in [0.4, 0.5) is 0 Å². The first-order valence-corrected chi connectivity index (χ1v) is 4.34. The summed E-state index contributed by atoms with van der Waals surface area (Å²) in [7, 11) is 2.13. The van der Waals surface area contributed by atoms with Crippen molar-refractivity contribution in [2.75, 3.05) is 33.2 Å². The van der Waals surface area contributed by atoms with Gasteiger partial charge >= 0.3 is 0 Å². The molecule has 1 heterocycles. The van der Waals surface area contributed by atoms with E-state index in [1.165, 1.54) is 0 Å². The van der Waals surface area contributed by atoms with Crippen molar-refractivity contribution in [3.63, 3.8) is 0 Å². The number of nitrogens with two attached hydrogens (primary N) is 1. The van der Waals surface area contributed by atoms with Gasteiger partial charge < -0.3 is 15.5 Å². The average molecular weight is 173 g/mol. The molecule has 0 unspecified atom stereocenters. The van der Waals surface area contributed by atoms with Crippen LogP contribution in [0, 0.1) is 0 Å². The van der Waals surface area contributed by atoms with Crippen molar-refractivity contribution in [3.05, 3.63) is 0 Å². The van der Waals surface area contributed by atoms with Crippen molar-refractivity contribution in [1.29, 1.82) is 0 Å². The summed E-state index contributed by atoms with van der Waals surface area (Å²) >= 11 is 4.90. The average Bonchev–Trinajstić information content (AvgIpc) is 2.13. The fourth-order valence-electron chi connectivity index (χ4n) is 1.27. The van der Waals surface area contributed by atoms with Gasteiger partial charge in [-0.05, 0) is 32.2 Å². The summed E-state index contributed by atoms with van der Waals surface area (Å²) in [5, 5.41) is 0.542. The molecule has 64 valence electrons. The van der Waals surface area contributed by atoms with E-state index in [0.717, 1.165) is 32.6 Å². The van der Waals surface area contributed by atoms with E-state index in [1.54, 1.807) is 0 Å². The Morgan fingerprint density at radius 3 is 2.64 bits per heavy atom. The molecule has 11 heavy (non-hydrogen) atoms. The molecule has 0 atom stereocenters. The summed E-state index contributed by atoms with van der Waals surface area (Å²) in [5.41, 5.74) is 5.52. The molecule has 1 aliphatic heterocycles. The maximum absolute atomic E-state index is 5.52. The molecule has 3 nitrogen and oxygen atoms in total. The van der Waals surface area contributed by atoms with Crippen LogP contribution in [0.3, 0.4) is 0 Å². The lowest BCUT2D eigenvalue weighted by molar-refractivity contribution is 0.346. The Morgan fingerprint density at radius 1 is 1.27 bits per heavy atom. The van der Waals surface area contributed by atoms with Gasteiger partial charge in [-0.1, -0.05) is 0 Å². The molecule has 0 radical (unpaired) electrons. The zero-order valence-electron chi connectivity index (χ0n) is 6.92. The van der Waals surface area contributed by atoms with E-state index >= 15 is 0 Å². The van der Waals surface area contributed by atoms with E-state index in [0.29, 0.717) is 5.11 Å². The zero-order valence-corrected chi connectivity index (χ0v) is 7.73. The minimum absolute atomic E-state index is 0.542. The number of thiocarbonyl (C=S) groups is 1. The van der Waals surface area contributed by atoms with Crippen LogP contribution in [-0.2, 0) is 0 Å². The zero-order chi connectivity index (χ0) is 8.27. The summed E-state index contributed by atoms with van der Waals surface area (Å²) in [4.78, 5) is 4.37. The second-order valence-electron chi connectivity index (χ2n) is 2.98. The third kappa shape index (κ3) is 2.63. The van der Waals surface area contributed by atoms with Crippen LogP contribution in [0.25, 0.3) is 0 Å². The van der Waals surface area contributed by atoms with Crippen LogP contribution in [0.2, 0.25) is 0 Å². The molecule has 0 saturated carbocycles. The highest BCUT2D eigenvalue weighted by Gasteiger charge is 2.11. The number of hydrogen-bond acceptors (Lipinski definition) is 2. The van der Waals surface area contributed by atoms with Gasteiger partial charge in [-0.25, -0.2) is 0 Å². The summed E-state index contributed by atoms with van der Waals surface area (Å²) < 4.78 is 0. The monoisotopic (exact) mass is 173 g/mol. The first-order chi connectivity index (χ1) is 5.20. The maximum atomic E-state index is 5.52. The van der Waals surface area contributed by atoms with Gasteiger partial charge in [0.25, 0.3) is 0 Å². The molecule has 0 aromatic heterocycles. The van der Waals surface area contributed by atoms with Gasteiger partial charge in [0.1, 0.15) is 0 Å². The van der Waals surface area contributed by atoms with Crippen molar-refractivity contribution >= 4 is 17.3 Å². The van der Waals surface area contributed by atoms with Crippen LogP contribution >= 0.6 is 12.2 Å². The van der Waals surface area contributed by atoms with E-state index in [4.69, 9.17) is 18.0 Å². The Bertz CT molecular complexity index is 149. The molecule has 0 aliphatic carbocycles. The van der Waals surface area contributed by atoms with Crippen LogP contribution in [0.15, 0.2) is 0 Å². The Morgan fingerprint density at radius 2 is 2.00 bits per heavy atom. The van der Waals surface area contributed by atoms with Gasteiger partial charge in [-0.3, -0.25) is 0 Å². The SMILES string of the molecule is CN1CCCN(C(N)=S)CC1. The fourth-order valence-corrected chi connectivity index (χ4v) is 1.45. The highest BCUT2D eigenvalue weighted by Crippen LogP contribution is 1.99. The Kier molecular flexibility index (Phi) is 3.08. The van der Waals surface area contributed by atoms with Crippen molar-refractivity contribution in [2.24, 2.45) is 5.73 Å². The number of hydrogen-bond donors (Lipinski definition) is 1. The Labute approximate surface area is 73.1 Å². The third-order valence-electron chi connectivity index (χ3n) is 2.03. The fraction of sp³-hybridized carbons (Fsp3) is 0.857. The van der Waals surface area contributed by atoms with E-state index in [2.05, 4.69) is 16.8 Å². The van der Waals surface area contributed by atoms with Crippen LogP contribution in [0.5, 0.6) is 0 Å². The van der Waals surface area contributed by atoms with E-state index in [-0.39, 0.29) is 0 Å². The molecule has 0 spiro atoms. The maximum Gasteiger partial charge on any atom is 0.166 e. The summed E-state index contributed by atoms with van der Waals surface area (Å²) in [6.07, 6.45) is 1.16. The first kappa shape index (κ1) is 8.74. The topological polar surface area (TPSA) is 32.5 Å². The second kappa shape index (κ2) is 3.88. The standard InChI is InChI=1S/C7H15N3S/c1-9-3-2-4-10(6-5-9)7(8)11/h2-6H2,1H3,(H2,8,11). The predicted octanol–water partition coefficient (Wildman–Crippen LogP) is -0.133. The number of rotatable bonds is 0. The van der Waals surface area contributed by atoms with Gasteiger partial charge in [0, 0.05) is 19.6 Å². The lowest BCUT2D eigenvalue weighted by Gasteiger charge is -2.19. The summed E-state index contributed by atoms with van der Waals surface area (Å²) in [6.45, 7) is 4.21. The Balaban J connectivity index is 2.40. The van der Waals surface area contributed by atoms with E-state index < -0.39 is 0 Å². The Hall–Kier alpha value is -0.350. The molecule has 0 aromatic carbocycles. The predicted molar refractivity (Wildman–Crippen MR) is 50.5 cm³/mol. The van der Waals surface area contributed by atoms with E-state index in [9.17, 15) is 0 Å². The molecule has 4 heteroatoms. The summed E-state index contributed by atoms with van der Waals surface area (Å²) in [5.74, 6) is 0. The van der Waals surface area contributed by atoms with Gasteiger partial charge in [-0.15, -0.1) is 0 Å². The van der Waals surface area contributed by atoms with Gasteiger partial charge in [0.2, 0.25) is 0 Å². The highest BCUT2D eigenvalue weighted by molar-refractivity contribution is 7.80. The van der Waals surface area contributed by atoms with Crippen molar-refractivity contribution < 1.29 is 0 Å². The molecule has 1 rings (SSSR count). The number of nitrogens with zero attached hydrogens (tertiary/aromatic N) is 2. The second-order valence-corrected chi connectivity index (χ2v) is 3.40. The number of likely N-dealkylation sites (N-methyl/N-ethyl adjacent to an activating group) is 1. The molecule has 1 saturated heterocycles. The minimum Gasteiger partial charge on any atom is -0.376 e. The van der Waals surface area contributed by atoms with Gasteiger partial charge in [-0.2, -0.15) is 0 Å². The van der Waals surface area contributed by atoms with Crippen LogP contribution < -0.4 is 5.73 Å². The smallest absolute Gasteiger partial charge is 0.166 e. The minimum atomic E-state index is 0.542. The van der Waals surface area contributed by atoms with Crippen LogP contribution in [0.1, 0.15) is 6.42 Å². The molecule has 0 aromatic rings. The normalized spacial score (nSPS) is 21.4. The molecule has 1 fully saturated rings. The van der Waals surface area contributed by atoms with Crippen molar-refractivity contribution in [2.45, 2.75) is 6.42 Å².